The third-order valence-electron chi connectivity index (χ3n) is 4.27. The monoisotopic (exact) mass is 312 g/mol. The van der Waals surface area contributed by atoms with Crippen LogP contribution in [0.2, 0.25) is 0 Å². The number of piperidine rings is 1. The minimum Gasteiger partial charge on any atom is -0.372 e. The molecule has 23 heavy (non-hydrogen) atoms. The molecule has 1 aliphatic rings. The fraction of sp³-hybridized carbons (Fsp3) is 0.444. The van der Waals surface area contributed by atoms with Crippen LogP contribution in [0, 0.1) is 0 Å². The Balaban J connectivity index is 1.50. The Hall–Kier alpha value is -2.30. The second kappa shape index (κ2) is 7.31. The molecule has 1 fully saturated rings. The Labute approximate surface area is 137 Å². The van der Waals surface area contributed by atoms with Crippen LogP contribution in [-0.2, 0) is 18.3 Å². The third kappa shape index (κ3) is 4.34. The maximum atomic E-state index is 12.0. The van der Waals surface area contributed by atoms with Gasteiger partial charge in [-0.15, -0.1) is 0 Å². The summed E-state index contributed by atoms with van der Waals surface area (Å²) in [4.78, 5) is 14.4. The zero-order valence-corrected chi connectivity index (χ0v) is 13.7. The molecule has 1 aliphatic heterocycles. The Morgan fingerprint density at radius 1 is 1.17 bits per heavy atom. The number of aromatic nitrogens is 2. The zero-order chi connectivity index (χ0) is 16.1. The van der Waals surface area contributed by atoms with Gasteiger partial charge in [0.25, 0.3) is 0 Å². The number of hydrogen-bond donors (Lipinski definition) is 1. The molecule has 1 N–H and O–H groups in total. The highest BCUT2D eigenvalue weighted by Gasteiger charge is 2.11. The number of hydrogen-bond acceptors (Lipinski definition) is 3. The molecule has 1 aromatic heterocycles. The Bertz CT molecular complexity index is 641. The van der Waals surface area contributed by atoms with Gasteiger partial charge in [-0.05, 0) is 55.5 Å². The summed E-state index contributed by atoms with van der Waals surface area (Å²) >= 11 is 0. The molecule has 5 heteroatoms. The number of anilines is 2. The summed E-state index contributed by atoms with van der Waals surface area (Å²) in [7, 11) is 1.88. The SMILES string of the molecule is Cn1cc(CCC(=O)Nc2ccc(N3CCCCC3)cc2)cn1. The van der Waals surface area contributed by atoms with Crippen molar-refractivity contribution in [2.24, 2.45) is 7.05 Å². The minimum atomic E-state index is 0.0413. The molecule has 0 aliphatic carbocycles. The van der Waals surface area contributed by atoms with Gasteiger partial charge in [0.15, 0.2) is 0 Å². The lowest BCUT2D eigenvalue weighted by Crippen LogP contribution is -2.29. The molecule has 0 atom stereocenters. The van der Waals surface area contributed by atoms with Crippen LogP contribution in [0.15, 0.2) is 36.7 Å². The average Bonchev–Trinajstić information content (AvgIpc) is 3.00. The van der Waals surface area contributed by atoms with E-state index in [1.165, 1.54) is 24.9 Å². The van der Waals surface area contributed by atoms with Crippen molar-refractivity contribution in [3.8, 4) is 0 Å². The second-order valence-electron chi connectivity index (χ2n) is 6.17. The summed E-state index contributed by atoms with van der Waals surface area (Å²) in [6.45, 7) is 2.27. The third-order valence-corrected chi connectivity index (χ3v) is 4.27. The summed E-state index contributed by atoms with van der Waals surface area (Å²) in [5, 5.41) is 7.08. The van der Waals surface area contributed by atoms with E-state index in [9.17, 15) is 4.79 Å². The molecule has 5 nitrogen and oxygen atoms in total. The summed E-state index contributed by atoms with van der Waals surface area (Å²) in [5.41, 5.74) is 3.20. The summed E-state index contributed by atoms with van der Waals surface area (Å²) in [6, 6.07) is 8.18. The first-order valence-electron chi connectivity index (χ1n) is 8.33. The van der Waals surface area contributed by atoms with Gasteiger partial charge in [-0.1, -0.05) is 0 Å². The minimum absolute atomic E-state index is 0.0413. The van der Waals surface area contributed by atoms with Gasteiger partial charge >= 0.3 is 0 Å². The van der Waals surface area contributed by atoms with Crippen molar-refractivity contribution in [3.63, 3.8) is 0 Å². The fourth-order valence-corrected chi connectivity index (χ4v) is 2.99. The van der Waals surface area contributed by atoms with E-state index in [0.29, 0.717) is 12.8 Å². The predicted octanol–water partition coefficient (Wildman–Crippen LogP) is 2.98. The standard InChI is InChI=1S/C18H24N4O/c1-21-14-15(13-19-21)5-10-18(23)20-16-6-8-17(9-7-16)22-11-3-2-4-12-22/h6-9,13-14H,2-5,10-12H2,1H3,(H,20,23). The summed E-state index contributed by atoms with van der Waals surface area (Å²) in [5.74, 6) is 0.0413. The fourth-order valence-electron chi connectivity index (χ4n) is 2.99. The van der Waals surface area contributed by atoms with Gasteiger partial charge in [0.05, 0.1) is 6.20 Å². The number of nitrogens with one attached hydrogen (secondary N) is 1. The van der Waals surface area contributed by atoms with Crippen molar-refractivity contribution in [2.75, 3.05) is 23.3 Å². The van der Waals surface area contributed by atoms with E-state index in [1.54, 1.807) is 10.9 Å². The molecule has 3 rings (SSSR count). The number of carbonyl (C=O) groups excluding carboxylic acids is 1. The first kappa shape index (κ1) is 15.6. The average molecular weight is 312 g/mol. The van der Waals surface area contributed by atoms with Gasteiger partial charge in [0.1, 0.15) is 0 Å². The molecular formula is C18H24N4O. The van der Waals surface area contributed by atoms with Gasteiger partial charge < -0.3 is 10.2 Å². The molecule has 2 heterocycles. The molecule has 122 valence electrons. The van der Waals surface area contributed by atoms with Crippen molar-refractivity contribution < 1.29 is 4.79 Å². The van der Waals surface area contributed by atoms with Crippen LogP contribution in [-0.4, -0.2) is 28.8 Å². The second-order valence-corrected chi connectivity index (χ2v) is 6.17. The van der Waals surface area contributed by atoms with Crippen LogP contribution >= 0.6 is 0 Å². The van der Waals surface area contributed by atoms with E-state index >= 15 is 0 Å². The Morgan fingerprint density at radius 3 is 2.57 bits per heavy atom. The van der Waals surface area contributed by atoms with Gasteiger partial charge in [0.2, 0.25) is 5.91 Å². The lowest BCUT2D eigenvalue weighted by Gasteiger charge is -2.28. The predicted molar refractivity (Wildman–Crippen MR) is 92.7 cm³/mol. The first-order valence-corrected chi connectivity index (χ1v) is 8.33. The molecule has 0 radical (unpaired) electrons. The lowest BCUT2D eigenvalue weighted by molar-refractivity contribution is -0.116. The van der Waals surface area contributed by atoms with Crippen molar-refractivity contribution in [1.82, 2.24) is 9.78 Å². The van der Waals surface area contributed by atoms with Crippen LogP contribution in [0.5, 0.6) is 0 Å². The number of amides is 1. The number of carbonyl (C=O) groups is 1. The quantitative estimate of drug-likeness (QED) is 0.923. The van der Waals surface area contributed by atoms with Crippen LogP contribution in [0.3, 0.4) is 0 Å². The largest absolute Gasteiger partial charge is 0.372 e. The smallest absolute Gasteiger partial charge is 0.224 e. The van der Waals surface area contributed by atoms with Crippen LogP contribution in [0.4, 0.5) is 11.4 Å². The first-order chi connectivity index (χ1) is 11.2. The van der Waals surface area contributed by atoms with Crippen molar-refractivity contribution in [1.29, 1.82) is 0 Å². The summed E-state index contributed by atoms with van der Waals surface area (Å²) in [6.07, 6.45) is 8.81. The maximum absolute atomic E-state index is 12.0. The van der Waals surface area contributed by atoms with E-state index < -0.39 is 0 Å². The number of rotatable bonds is 5. The molecule has 0 saturated carbocycles. The van der Waals surface area contributed by atoms with E-state index in [1.807, 2.05) is 25.4 Å². The summed E-state index contributed by atoms with van der Waals surface area (Å²) < 4.78 is 1.76. The van der Waals surface area contributed by atoms with Gasteiger partial charge in [-0.3, -0.25) is 9.48 Å². The van der Waals surface area contributed by atoms with Crippen LogP contribution in [0.1, 0.15) is 31.2 Å². The highest BCUT2D eigenvalue weighted by molar-refractivity contribution is 5.91. The molecule has 0 bridgehead atoms. The molecule has 1 saturated heterocycles. The van der Waals surface area contributed by atoms with Crippen molar-refractivity contribution in [2.45, 2.75) is 32.1 Å². The van der Waals surface area contributed by atoms with Gasteiger partial charge in [0, 0.05) is 44.1 Å². The van der Waals surface area contributed by atoms with E-state index in [0.717, 1.165) is 24.3 Å². The number of aryl methyl sites for hydroxylation is 2. The van der Waals surface area contributed by atoms with Gasteiger partial charge in [-0.2, -0.15) is 5.10 Å². The Morgan fingerprint density at radius 2 is 1.91 bits per heavy atom. The molecule has 2 aromatic rings. The van der Waals surface area contributed by atoms with Crippen LogP contribution < -0.4 is 10.2 Å². The van der Waals surface area contributed by atoms with E-state index in [4.69, 9.17) is 0 Å². The highest BCUT2D eigenvalue weighted by Crippen LogP contribution is 2.21. The zero-order valence-electron chi connectivity index (χ0n) is 13.7. The topological polar surface area (TPSA) is 50.2 Å². The molecule has 0 spiro atoms. The molecule has 1 amide bonds. The number of nitrogens with zero attached hydrogens (tertiary/aromatic N) is 3. The Kier molecular flexibility index (Phi) is 4.95. The number of benzene rings is 1. The lowest BCUT2D eigenvalue weighted by atomic mass is 10.1. The van der Waals surface area contributed by atoms with Crippen molar-refractivity contribution >= 4 is 17.3 Å². The normalized spacial score (nSPS) is 14.7. The highest BCUT2D eigenvalue weighted by atomic mass is 16.1. The molecular weight excluding hydrogens is 288 g/mol. The van der Waals surface area contributed by atoms with E-state index in [-0.39, 0.29) is 5.91 Å². The molecule has 0 unspecified atom stereocenters. The van der Waals surface area contributed by atoms with Crippen molar-refractivity contribution in [3.05, 3.63) is 42.2 Å². The molecule has 1 aromatic carbocycles. The maximum Gasteiger partial charge on any atom is 0.224 e. The van der Waals surface area contributed by atoms with E-state index in [2.05, 4.69) is 27.4 Å². The van der Waals surface area contributed by atoms with Crippen LogP contribution in [0.25, 0.3) is 0 Å². The van der Waals surface area contributed by atoms with Gasteiger partial charge in [-0.25, -0.2) is 0 Å².